The number of rotatable bonds is 5. The molecule has 3 nitrogen and oxygen atoms in total. The number of benzene rings is 9. The van der Waals surface area contributed by atoms with Crippen LogP contribution in [0.25, 0.3) is 105 Å². The van der Waals surface area contributed by atoms with E-state index in [1.54, 1.807) is 0 Å². The van der Waals surface area contributed by atoms with E-state index in [4.69, 9.17) is 0 Å². The minimum Gasteiger partial charge on any atom is -0.309 e. The first-order chi connectivity index (χ1) is 28.3. The lowest BCUT2D eigenvalue weighted by molar-refractivity contribution is 1.16. The molecule has 0 radical (unpaired) electrons. The van der Waals surface area contributed by atoms with E-state index in [2.05, 4.69) is 226 Å². The second kappa shape index (κ2) is 12.5. The predicted octanol–water partition coefficient (Wildman–Crippen LogP) is 14.3. The van der Waals surface area contributed by atoms with Gasteiger partial charge in [-0.1, -0.05) is 152 Å². The van der Waals surface area contributed by atoms with Gasteiger partial charge in [0.25, 0.3) is 0 Å². The summed E-state index contributed by atoms with van der Waals surface area (Å²) in [6.45, 7) is 0. The highest BCUT2D eigenvalue weighted by molar-refractivity contribution is 6.13. The third-order valence-electron chi connectivity index (χ3n) is 11.8. The Morgan fingerprint density at radius 1 is 0.228 bits per heavy atom. The zero-order chi connectivity index (χ0) is 37.5. The lowest BCUT2D eigenvalue weighted by Crippen LogP contribution is -2.01. The first-order valence-corrected chi connectivity index (χ1v) is 19.6. The third-order valence-corrected chi connectivity index (χ3v) is 11.8. The van der Waals surface area contributed by atoms with Crippen molar-refractivity contribution in [2.24, 2.45) is 0 Å². The molecule has 0 aliphatic carbocycles. The molecule has 0 atom stereocenters. The van der Waals surface area contributed by atoms with Crippen molar-refractivity contribution in [1.29, 1.82) is 0 Å². The van der Waals surface area contributed by atoms with Crippen LogP contribution in [0.1, 0.15) is 0 Å². The van der Waals surface area contributed by atoms with E-state index in [1.807, 2.05) is 0 Å². The van der Waals surface area contributed by atoms with Gasteiger partial charge in [-0.15, -0.1) is 0 Å². The van der Waals surface area contributed by atoms with Crippen LogP contribution in [0.5, 0.6) is 0 Å². The van der Waals surface area contributed by atoms with Crippen LogP contribution in [0.15, 0.2) is 212 Å². The SMILES string of the molecule is c1ccc(-c2cccc(-c3cccc(-n4c5ccccc5c5ccccc54)c3)c2-n2c3ccccc3c3cc(-n4c5ccccc5c5ccccc54)ccc32)cc1. The van der Waals surface area contributed by atoms with Crippen molar-refractivity contribution in [2.75, 3.05) is 0 Å². The molecule has 0 bridgehead atoms. The lowest BCUT2D eigenvalue weighted by Gasteiger charge is -2.20. The molecule has 12 rings (SSSR count). The highest BCUT2D eigenvalue weighted by Gasteiger charge is 2.22. The summed E-state index contributed by atoms with van der Waals surface area (Å²) in [6, 6.07) is 77.5. The Morgan fingerprint density at radius 2 is 0.614 bits per heavy atom. The first-order valence-electron chi connectivity index (χ1n) is 19.6. The van der Waals surface area contributed by atoms with Crippen LogP contribution >= 0.6 is 0 Å². The third kappa shape index (κ3) is 4.73. The van der Waals surface area contributed by atoms with E-state index in [9.17, 15) is 0 Å². The maximum atomic E-state index is 2.51. The molecule has 3 aromatic heterocycles. The van der Waals surface area contributed by atoms with Crippen LogP contribution in [0, 0.1) is 0 Å². The lowest BCUT2D eigenvalue weighted by atomic mass is 9.95. The molecule has 0 N–H and O–H groups in total. The van der Waals surface area contributed by atoms with Gasteiger partial charge in [0.2, 0.25) is 0 Å². The van der Waals surface area contributed by atoms with Crippen molar-refractivity contribution in [3.05, 3.63) is 212 Å². The molecule has 0 unspecified atom stereocenters. The standard InChI is InChI=1S/C54H35N3/c1-2-16-36(17-3-1)40-25-15-26-41(37-18-14-19-38(34-37)55-48-27-9-4-20-42(48)43-21-5-10-28-49(43)55)54(40)57-52-31-13-8-24-46(52)47-35-39(32-33-53(47)57)56-50-29-11-6-22-44(50)45-23-7-12-30-51(45)56/h1-35H. The Kier molecular flexibility index (Phi) is 6.93. The molecule has 0 saturated carbocycles. The highest BCUT2D eigenvalue weighted by atomic mass is 15.0. The predicted molar refractivity (Wildman–Crippen MR) is 240 cm³/mol. The van der Waals surface area contributed by atoms with Crippen LogP contribution in [0.3, 0.4) is 0 Å². The summed E-state index contributed by atoms with van der Waals surface area (Å²) in [5.74, 6) is 0. The molecule has 0 fully saturated rings. The van der Waals surface area contributed by atoms with Gasteiger partial charge < -0.3 is 13.7 Å². The molecule has 12 aromatic rings. The molecule has 0 saturated heterocycles. The fourth-order valence-electron chi connectivity index (χ4n) is 9.42. The maximum Gasteiger partial charge on any atom is 0.0618 e. The van der Waals surface area contributed by atoms with Gasteiger partial charge in [0.05, 0.1) is 38.8 Å². The Bertz CT molecular complexity index is 3420. The van der Waals surface area contributed by atoms with Crippen molar-refractivity contribution in [2.45, 2.75) is 0 Å². The zero-order valence-electron chi connectivity index (χ0n) is 31.0. The van der Waals surface area contributed by atoms with Gasteiger partial charge in [-0.25, -0.2) is 0 Å². The van der Waals surface area contributed by atoms with Crippen molar-refractivity contribution >= 4 is 65.4 Å². The van der Waals surface area contributed by atoms with Gasteiger partial charge in [-0.3, -0.25) is 0 Å². The molecular formula is C54H35N3. The second-order valence-corrected chi connectivity index (χ2v) is 14.9. The number of fused-ring (bicyclic) bond motifs is 9. The first kappa shape index (κ1) is 31.7. The minimum atomic E-state index is 1.14. The largest absolute Gasteiger partial charge is 0.309 e. The van der Waals surface area contributed by atoms with Crippen LogP contribution in [0.2, 0.25) is 0 Å². The number of hydrogen-bond donors (Lipinski definition) is 0. The fraction of sp³-hybridized carbons (Fsp3) is 0. The number of nitrogens with zero attached hydrogens (tertiary/aromatic N) is 3. The molecule has 3 heterocycles. The van der Waals surface area contributed by atoms with E-state index < -0.39 is 0 Å². The van der Waals surface area contributed by atoms with Crippen LogP contribution < -0.4 is 0 Å². The second-order valence-electron chi connectivity index (χ2n) is 14.9. The summed E-state index contributed by atoms with van der Waals surface area (Å²) in [6.07, 6.45) is 0. The number of hydrogen-bond acceptors (Lipinski definition) is 0. The van der Waals surface area contributed by atoms with Crippen molar-refractivity contribution in [1.82, 2.24) is 13.7 Å². The van der Waals surface area contributed by atoms with Gasteiger partial charge in [0.15, 0.2) is 0 Å². The Morgan fingerprint density at radius 3 is 1.16 bits per heavy atom. The monoisotopic (exact) mass is 725 g/mol. The fourth-order valence-corrected chi connectivity index (χ4v) is 9.42. The average molecular weight is 726 g/mol. The molecular weight excluding hydrogens is 691 g/mol. The molecule has 0 aliphatic rings. The Labute approximate surface area is 329 Å². The summed E-state index contributed by atoms with van der Waals surface area (Å²) in [5.41, 5.74) is 15.3. The van der Waals surface area contributed by atoms with Gasteiger partial charge in [0, 0.05) is 54.8 Å². The zero-order valence-corrected chi connectivity index (χ0v) is 31.0. The molecule has 57 heavy (non-hydrogen) atoms. The Balaban J connectivity index is 1.13. The Hall–Kier alpha value is -7.62. The quantitative estimate of drug-likeness (QED) is 0.168. The van der Waals surface area contributed by atoms with Gasteiger partial charge in [-0.05, 0) is 71.8 Å². The number of para-hydroxylation sites is 6. The van der Waals surface area contributed by atoms with Crippen molar-refractivity contribution in [3.8, 4) is 39.3 Å². The van der Waals surface area contributed by atoms with Gasteiger partial charge in [-0.2, -0.15) is 0 Å². The van der Waals surface area contributed by atoms with E-state index in [0.29, 0.717) is 0 Å². The van der Waals surface area contributed by atoms with E-state index in [-0.39, 0.29) is 0 Å². The summed E-state index contributed by atoms with van der Waals surface area (Å²) < 4.78 is 7.33. The van der Waals surface area contributed by atoms with E-state index >= 15 is 0 Å². The van der Waals surface area contributed by atoms with Gasteiger partial charge >= 0.3 is 0 Å². The van der Waals surface area contributed by atoms with E-state index in [0.717, 1.165) is 16.9 Å². The van der Waals surface area contributed by atoms with Crippen LogP contribution in [-0.4, -0.2) is 13.7 Å². The van der Waals surface area contributed by atoms with E-state index in [1.165, 1.54) is 87.8 Å². The summed E-state index contributed by atoms with van der Waals surface area (Å²) in [5, 5.41) is 7.49. The molecule has 0 spiro atoms. The normalized spacial score (nSPS) is 11.9. The molecule has 3 heteroatoms. The molecule has 9 aromatic carbocycles. The van der Waals surface area contributed by atoms with Crippen molar-refractivity contribution < 1.29 is 0 Å². The van der Waals surface area contributed by atoms with Crippen LogP contribution in [-0.2, 0) is 0 Å². The molecule has 0 aliphatic heterocycles. The maximum absolute atomic E-state index is 2.51. The summed E-state index contributed by atoms with van der Waals surface area (Å²) in [7, 11) is 0. The smallest absolute Gasteiger partial charge is 0.0618 e. The number of aromatic nitrogens is 3. The van der Waals surface area contributed by atoms with Crippen molar-refractivity contribution in [3.63, 3.8) is 0 Å². The summed E-state index contributed by atoms with van der Waals surface area (Å²) in [4.78, 5) is 0. The van der Waals surface area contributed by atoms with Gasteiger partial charge in [0.1, 0.15) is 0 Å². The topological polar surface area (TPSA) is 14.8 Å². The summed E-state index contributed by atoms with van der Waals surface area (Å²) >= 11 is 0. The molecule has 266 valence electrons. The minimum absolute atomic E-state index is 1.14. The van der Waals surface area contributed by atoms with Crippen LogP contribution in [0.4, 0.5) is 0 Å². The average Bonchev–Trinajstić information content (AvgIpc) is 3.92. The highest BCUT2D eigenvalue weighted by Crippen LogP contribution is 2.43. The molecule has 0 amide bonds.